The van der Waals surface area contributed by atoms with Crippen LogP contribution in [0.1, 0.15) is 33.6 Å². The van der Waals surface area contributed by atoms with Crippen LogP contribution in [-0.4, -0.2) is 59.1 Å². The number of nitrogens with one attached hydrogen (secondary N) is 1. The van der Waals surface area contributed by atoms with Crippen LogP contribution in [0.4, 0.5) is 10.6 Å². The van der Waals surface area contributed by atoms with E-state index in [-0.39, 0.29) is 6.10 Å². The van der Waals surface area contributed by atoms with Crippen molar-refractivity contribution in [1.82, 2.24) is 19.5 Å². The molecule has 37 heavy (non-hydrogen) atoms. The lowest BCUT2D eigenvalue weighted by Gasteiger charge is -2.19. The number of hydrogen-bond donors (Lipinski definition) is 1. The Bertz CT molecular complexity index is 1260. The van der Waals surface area contributed by atoms with Gasteiger partial charge in [0.1, 0.15) is 41.8 Å². The van der Waals surface area contributed by atoms with Gasteiger partial charge < -0.3 is 23.5 Å². The number of methoxy groups -OCH3 is 1. The molecule has 0 aliphatic heterocycles. The summed E-state index contributed by atoms with van der Waals surface area (Å²) in [7, 11) is 0.342. The summed E-state index contributed by atoms with van der Waals surface area (Å²) in [5.41, 5.74) is 1.50. The molecular weight excluding hydrogens is 490 g/mol. The molecule has 1 saturated carbocycles. The van der Waals surface area contributed by atoms with E-state index in [1.165, 1.54) is 6.33 Å². The lowest BCUT2D eigenvalue weighted by molar-refractivity contribution is 0.0635. The number of fused-ring (bicyclic) bond motifs is 1. The van der Waals surface area contributed by atoms with E-state index in [0.717, 1.165) is 29.8 Å². The first-order chi connectivity index (χ1) is 17.4. The summed E-state index contributed by atoms with van der Waals surface area (Å²) in [6.45, 7) is 13.4. The van der Waals surface area contributed by atoms with Crippen molar-refractivity contribution in [2.24, 2.45) is 0 Å². The van der Waals surface area contributed by atoms with Crippen LogP contribution in [0.5, 0.6) is 11.8 Å². The van der Waals surface area contributed by atoms with E-state index in [2.05, 4.69) is 34.9 Å². The minimum Gasteiger partial charge on any atom is -0.480 e. The largest absolute Gasteiger partial charge is 0.480 e. The first-order valence-electron chi connectivity index (χ1n) is 12.6. The second kappa shape index (κ2) is 10.7. The van der Waals surface area contributed by atoms with Crippen molar-refractivity contribution < 1.29 is 23.7 Å². The molecule has 1 aliphatic carbocycles. The van der Waals surface area contributed by atoms with Crippen molar-refractivity contribution in [3.63, 3.8) is 0 Å². The maximum Gasteiger partial charge on any atom is 0.413 e. The summed E-state index contributed by atoms with van der Waals surface area (Å²) in [5, 5.41) is 3.56. The van der Waals surface area contributed by atoms with E-state index in [9.17, 15) is 4.79 Å². The molecule has 0 aromatic carbocycles. The van der Waals surface area contributed by atoms with Gasteiger partial charge in [0.2, 0.25) is 11.8 Å². The van der Waals surface area contributed by atoms with Gasteiger partial charge in [-0.2, -0.15) is 0 Å². The summed E-state index contributed by atoms with van der Waals surface area (Å²) < 4.78 is 25.1. The SMILES string of the molecule is COc1ncnc(OC2CC2)c1-c1cn(COCC[Si](C)(C)C)c2nc(NC(=O)OC(C)(C)C)ccc12. The zero-order chi connectivity index (χ0) is 26.8. The van der Waals surface area contributed by atoms with E-state index in [4.69, 9.17) is 23.9 Å². The van der Waals surface area contributed by atoms with Gasteiger partial charge >= 0.3 is 6.09 Å². The Morgan fingerprint density at radius 3 is 2.54 bits per heavy atom. The van der Waals surface area contributed by atoms with Crippen LogP contribution in [0.2, 0.25) is 25.7 Å². The van der Waals surface area contributed by atoms with Crippen molar-refractivity contribution in [1.29, 1.82) is 0 Å². The molecule has 3 aromatic rings. The summed E-state index contributed by atoms with van der Waals surface area (Å²) in [4.78, 5) is 25.8. The van der Waals surface area contributed by atoms with E-state index in [0.29, 0.717) is 42.1 Å². The normalized spacial score (nSPS) is 14.0. The zero-order valence-electron chi connectivity index (χ0n) is 22.8. The van der Waals surface area contributed by atoms with Crippen molar-refractivity contribution in [3.8, 4) is 22.9 Å². The van der Waals surface area contributed by atoms with E-state index >= 15 is 0 Å². The smallest absolute Gasteiger partial charge is 0.413 e. The number of pyridine rings is 1. The highest BCUT2D eigenvalue weighted by atomic mass is 28.3. The number of ether oxygens (including phenoxy) is 4. The van der Waals surface area contributed by atoms with Crippen LogP contribution in [0.3, 0.4) is 0 Å². The summed E-state index contributed by atoms with van der Waals surface area (Å²) >= 11 is 0. The van der Waals surface area contributed by atoms with Gasteiger partial charge in [-0.3, -0.25) is 5.32 Å². The molecule has 0 bridgehead atoms. The van der Waals surface area contributed by atoms with Crippen LogP contribution < -0.4 is 14.8 Å². The zero-order valence-corrected chi connectivity index (χ0v) is 23.8. The maximum atomic E-state index is 12.4. The molecule has 10 nitrogen and oxygen atoms in total. The number of nitrogens with zero attached hydrogens (tertiary/aromatic N) is 4. The molecule has 11 heteroatoms. The Labute approximate surface area is 218 Å². The summed E-state index contributed by atoms with van der Waals surface area (Å²) in [6.07, 6.45) is 4.98. The van der Waals surface area contributed by atoms with Crippen molar-refractivity contribution in [3.05, 3.63) is 24.7 Å². The first kappa shape index (κ1) is 26.9. The highest BCUT2D eigenvalue weighted by molar-refractivity contribution is 6.76. The van der Waals surface area contributed by atoms with Crippen LogP contribution in [-0.2, 0) is 16.2 Å². The van der Waals surface area contributed by atoms with Crippen LogP contribution in [0.25, 0.3) is 22.2 Å². The Balaban J connectivity index is 1.73. The van der Waals surface area contributed by atoms with Gasteiger partial charge in [-0.05, 0) is 51.8 Å². The molecule has 1 aliphatic rings. The fraction of sp³-hybridized carbons (Fsp3) is 0.538. The third-order valence-electron chi connectivity index (χ3n) is 5.62. The minimum absolute atomic E-state index is 0.152. The Morgan fingerprint density at radius 1 is 1.16 bits per heavy atom. The van der Waals surface area contributed by atoms with Crippen LogP contribution in [0.15, 0.2) is 24.7 Å². The van der Waals surface area contributed by atoms with E-state index < -0.39 is 19.8 Å². The molecule has 0 radical (unpaired) electrons. The number of carbonyl (C=O) groups is 1. The molecule has 0 unspecified atom stereocenters. The number of aromatic nitrogens is 4. The highest BCUT2D eigenvalue weighted by Crippen LogP contribution is 2.42. The van der Waals surface area contributed by atoms with Gasteiger partial charge in [-0.1, -0.05) is 19.6 Å². The van der Waals surface area contributed by atoms with E-state index in [1.807, 2.05) is 37.6 Å². The molecule has 0 spiro atoms. The molecule has 3 heterocycles. The van der Waals surface area contributed by atoms with Gasteiger partial charge in [0.25, 0.3) is 0 Å². The first-order valence-corrected chi connectivity index (χ1v) is 16.3. The number of hydrogen-bond acceptors (Lipinski definition) is 8. The molecule has 1 amide bonds. The van der Waals surface area contributed by atoms with Gasteiger partial charge in [0.05, 0.1) is 7.11 Å². The second-order valence-corrected chi connectivity index (χ2v) is 17.1. The fourth-order valence-electron chi connectivity index (χ4n) is 3.65. The van der Waals surface area contributed by atoms with Crippen molar-refractivity contribution >= 4 is 31.0 Å². The summed E-state index contributed by atoms with van der Waals surface area (Å²) in [5.74, 6) is 1.27. The number of amides is 1. The minimum atomic E-state index is -1.23. The molecule has 0 atom stereocenters. The number of anilines is 1. The number of rotatable bonds is 10. The second-order valence-electron chi connectivity index (χ2n) is 11.4. The number of carbonyl (C=O) groups excluding carboxylic acids is 1. The summed E-state index contributed by atoms with van der Waals surface area (Å²) in [6, 6.07) is 4.69. The molecule has 0 saturated heterocycles. The van der Waals surface area contributed by atoms with Gasteiger partial charge in [-0.25, -0.2) is 19.7 Å². The van der Waals surface area contributed by atoms with Gasteiger partial charge in [0.15, 0.2) is 0 Å². The predicted octanol–water partition coefficient (Wildman–Crippen LogP) is 5.70. The lowest BCUT2D eigenvalue weighted by Crippen LogP contribution is -2.27. The average molecular weight is 528 g/mol. The standard InChI is InChI=1S/C26H37N5O5Si/c1-26(2,3)36-25(32)30-20-11-10-18-19(14-31(22(18)29-20)16-34-12-13-37(5,6)7)21-23(33-4)27-15-28-24(21)35-17-8-9-17/h10-11,14-15,17H,8-9,12-13,16H2,1-7H3,(H,29,30,32). The predicted molar refractivity (Wildman–Crippen MR) is 145 cm³/mol. The Morgan fingerprint density at radius 2 is 1.89 bits per heavy atom. The van der Waals surface area contributed by atoms with Gasteiger partial charge in [-0.15, -0.1) is 0 Å². The molecule has 1 N–H and O–H groups in total. The molecule has 200 valence electrons. The quantitative estimate of drug-likeness (QED) is 0.264. The molecule has 4 rings (SSSR count). The van der Waals surface area contributed by atoms with Crippen LogP contribution in [0, 0.1) is 0 Å². The Kier molecular flexibility index (Phi) is 7.74. The fourth-order valence-corrected chi connectivity index (χ4v) is 4.41. The lowest BCUT2D eigenvalue weighted by atomic mass is 10.1. The van der Waals surface area contributed by atoms with E-state index in [1.54, 1.807) is 13.2 Å². The van der Waals surface area contributed by atoms with Crippen LogP contribution >= 0.6 is 0 Å². The van der Waals surface area contributed by atoms with Gasteiger partial charge in [0, 0.05) is 31.8 Å². The molecular formula is C26H37N5O5Si. The molecule has 1 fully saturated rings. The van der Waals surface area contributed by atoms with Crippen molar-refractivity contribution in [2.75, 3.05) is 19.0 Å². The average Bonchev–Trinajstić information content (AvgIpc) is 3.54. The maximum absolute atomic E-state index is 12.4. The monoisotopic (exact) mass is 527 g/mol. The third-order valence-corrected chi connectivity index (χ3v) is 7.33. The topological polar surface area (TPSA) is 110 Å². The highest BCUT2D eigenvalue weighted by Gasteiger charge is 2.29. The molecule has 3 aromatic heterocycles. The van der Waals surface area contributed by atoms with Crippen molar-refractivity contribution in [2.45, 2.75) is 77.7 Å². The Hall–Kier alpha value is -3.18. The third kappa shape index (κ3) is 7.19.